The lowest BCUT2D eigenvalue weighted by Gasteiger charge is -2.12. The first-order chi connectivity index (χ1) is 10.2. The molecule has 0 saturated carbocycles. The van der Waals surface area contributed by atoms with Gasteiger partial charge in [0.15, 0.2) is 11.5 Å². The van der Waals surface area contributed by atoms with Crippen LogP contribution in [0.1, 0.15) is 11.1 Å². The molecular formula is C17H16O4. The highest BCUT2D eigenvalue weighted by molar-refractivity contribution is 5.95. The summed E-state index contributed by atoms with van der Waals surface area (Å²) in [6.45, 7) is 0. The van der Waals surface area contributed by atoms with Gasteiger partial charge in [-0.1, -0.05) is 36.4 Å². The molecule has 0 aromatic heterocycles. The average molecular weight is 284 g/mol. The Labute approximate surface area is 123 Å². The van der Waals surface area contributed by atoms with E-state index in [2.05, 4.69) is 0 Å². The lowest BCUT2D eigenvalue weighted by molar-refractivity contribution is -0.131. The maximum Gasteiger partial charge on any atom is 0.328 e. The van der Waals surface area contributed by atoms with Crippen molar-refractivity contribution < 1.29 is 19.4 Å². The van der Waals surface area contributed by atoms with Gasteiger partial charge in [-0.15, -0.1) is 0 Å². The van der Waals surface area contributed by atoms with Crippen molar-refractivity contribution >= 4 is 11.5 Å². The fourth-order valence-electron chi connectivity index (χ4n) is 2.08. The van der Waals surface area contributed by atoms with Gasteiger partial charge in [-0.25, -0.2) is 4.79 Å². The Morgan fingerprint density at radius 3 is 2.19 bits per heavy atom. The monoisotopic (exact) mass is 284 g/mol. The number of methoxy groups -OCH3 is 2. The second-order valence-electron chi connectivity index (χ2n) is 4.33. The molecule has 0 saturated heterocycles. The standard InChI is InChI=1S/C17H16O4/c1-20-15-9-8-13(10-16(15)21-2)14(11-17(18)19)12-6-4-3-5-7-12/h3-11H,1-2H3,(H,18,19)/b14-11+. The summed E-state index contributed by atoms with van der Waals surface area (Å²) in [5.41, 5.74) is 2.19. The number of carboxylic acid groups (broad SMARTS) is 1. The Kier molecular flexibility index (Phi) is 4.61. The van der Waals surface area contributed by atoms with Crippen LogP contribution in [0.3, 0.4) is 0 Å². The Morgan fingerprint density at radius 1 is 0.952 bits per heavy atom. The van der Waals surface area contributed by atoms with E-state index in [4.69, 9.17) is 14.6 Å². The first kappa shape index (κ1) is 14.7. The lowest BCUT2D eigenvalue weighted by atomic mass is 9.97. The van der Waals surface area contributed by atoms with Gasteiger partial charge in [0.1, 0.15) is 0 Å². The van der Waals surface area contributed by atoms with Crippen molar-refractivity contribution in [2.45, 2.75) is 0 Å². The molecule has 0 bridgehead atoms. The van der Waals surface area contributed by atoms with Gasteiger partial charge >= 0.3 is 5.97 Å². The van der Waals surface area contributed by atoms with Crippen LogP contribution in [0.15, 0.2) is 54.6 Å². The highest BCUT2D eigenvalue weighted by Crippen LogP contribution is 2.32. The van der Waals surface area contributed by atoms with Crippen LogP contribution >= 0.6 is 0 Å². The summed E-state index contributed by atoms with van der Waals surface area (Å²) in [7, 11) is 3.10. The number of carbonyl (C=O) groups is 1. The van der Waals surface area contributed by atoms with Crippen LogP contribution in [0.25, 0.3) is 5.57 Å². The molecule has 0 spiro atoms. The van der Waals surface area contributed by atoms with Crippen molar-refractivity contribution in [3.63, 3.8) is 0 Å². The zero-order valence-corrected chi connectivity index (χ0v) is 11.9. The zero-order chi connectivity index (χ0) is 15.2. The molecule has 21 heavy (non-hydrogen) atoms. The van der Waals surface area contributed by atoms with Crippen LogP contribution in [-0.2, 0) is 4.79 Å². The second kappa shape index (κ2) is 6.61. The van der Waals surface area contributed by atoms with Gasteiger partial charge in [-0.05, 0) is 28.8 Å². The highest BCUT2D eigenvalue weighted by Gasteiger charge is 2.11. The summed E-state index contributed by atoms with van der Waals surface area (Å²) in [6, 6.07) is 14.7. The van der Waals surface area contributed by atoms with E-state index < -0.39 is 5.97 Å². The fourth-order valence-corrected chi connectivity index (χ4v) is 2.08. The highest BCUT2D eigenvalue weighted by atomic mass is 16.5. The first-order valence-electron chi connectivity index (χ1n) is 6.38. The SMILES string of the molecule is COc1ccc(/C(=C/C(=O)O)c2ccccc2)cc1OC. The van der Waals surface area contributed by atoms with E-state index >= 15 is 0 Å². The predicted molar refractivity (Wildman–Crippen MR) is 80.7 cm³/mol. The molecule has 4 heteroatoms. The first-order valence-corrected chi connectivity index (χ1v) is 6.38. The van der Waals surface area contributed by atoms with Crippen LogP contribution in [0.5, 0.6) is 11.5 Å². The van der Waals surface area contributed by atoms with Crippen molar-refractivity contribution in [3.05, 3.63) is 65.7 Å². The second-order valence-corrected chi connectivity index (χ2v) is 4.33. The van der Waals surface area contributed by atoms with Crippen molar-refractivity contribution in [3.8, 4) is 11.5 Å². The maximum absolute atomic E-state index is 11.1. The van der Waals surface area contributed by atoms with Gasteiger partial charge in [-0.2, -0.15) is 0 Å². The molecule has 0 aliphatic heterocycles. The lowest BCUT2D eigenvalue weighted by Crippen LogP contribution is -1.96. The van der Waals surface area contributed by atoms with E-state index in [0.717, 1.165) is 11.1 Å². The van der Waals surface area contributed by atoms with Crippen molar-refractivity contribution in [1.29, 1.82) is 0 Å². The molecule has 0 unspecified atom stereocenters. The molecule has 2 aromatic rings. The van der Waals surface area contributed by atoms with E-state index in [1.807, 2.05) is 36.4 Å². The quantitative estimate of drug-likeness (QED) is 0.856. The Morgan fingerprint density at radius 2 is 1.62 bits per heavy atom. The zero-order valence-electron chi connectivity index (χ0n) is 11.9. The molecule has 0 fully saturated rings. The third kappa shape index (κ3) is 3.42. The molecule has 0 aliphatic carbocycles. The van der Waals surface area contributed by atoms with Crippen molar-refractivity contribution in [2.75, 3.05) is 14.2 Å². The van der Waals surface area contributed by atoms with Gasteiger partial charge in [0.25, 0.3) is 0 Å². The largest absolute Gasteiger partial charge is 0.493 e. The number of carboxylic acids is 1. The minimum absolute atomic E-state index is 0.558. The number of hydrogen-bond acceptors (Lipinski definition) is 3. The third-order valence-electron chi connectivity index (χ3n) is 3.05. The molecule has 108 valence electrons. The smallest absolute Gasteiger partial charge is 0.328 e. The van der Waals surface area contributed by atoms with Crippen LogP contribution in [0.2, 0.25) is 0 Å². The number of ether oxygens (including phenoxy) is 2. The van der Waals surface area contributed by atoms with Crippen LogP contribution < -0.4 is 9.47 Å². The van der Waals surface area contributed by atoms with E-state index in [1.54, 1.807) is 26.4 Å². The van der Waals surface area contributed by atoms with Crippen LogP contribution in [0, 0.1) is 0 Å². The van der Waals surface area contributed by atoms with Gasteiger partial charge in [0.05, 0.1) is 14.2 Å². The summed E-state index contributed by atoms with van der Waals surface area (Å²) >= 11 is 0. The number of hydrogen-bond donors (Lipinski definition) is 1. The number of aliphatic carboxylic acids is 1. The summed E-state index contributed by atoms with van der Waals surface area (Å²) in [5.74, 6) is 0.162. The van der Waals surface area contributed by atoms with Gasteiger partial charge < -0.3 is 14.6 Å². The van der Waals surface area contributed by atoms with Crippen LogP contribution in [-0.4, -0.2) is 25.3 Å². The molecule has 0 heterocycles. The van der Waals surface area contributed by atoms with Gasteiger partial charge in [-0.3, -0.25) is 0 Å². The van der Waals surface area contributed by atoms with E-state index in [1.165, 1.54) is 6.08 Å². The van der Waals surface area contributed by atoms with Gasteiger partial charge in [0.2, 0.25) is 0 Å². The van der Waals surface area contributed by atoms with E-state index in [9.17, 15) is 4.79 Å². The van der Waals surface area contributed by atoms with Gasteiger partial charge in [0, 0.05) is 6.08 Å². The van der Waals surface area contributed by atoms with Crippen molar-refractivity contribution in [2.24, 2.45) is 0 Å². The fraction of sp³-hybridized carbons (Fsp3) is 0.118. The molecule has 2 aromatic carbocycles. The Bertz CT molecular complexity index is 660. The normalized spacial score (nSPS) is 11.0. The average Bonchev–Trinajstić information content (AvgIpc) is 2.52. The predicted octanol–water partition coefficient (Wildman–Crippen LogP) is 3.22. The molecule has 0 radical (unpaired) electrons. The number of benzene rings is 2. The minimum Gasteiger partial charge on any atom is -0.493 e. The van der Waals surface area contributed by atoms with E-state index in [0.29, 0.717) is 17.1 Å². The summed E-state index contributed by atoms with van der Waals surface area (Å²) in [4.78, 5) is 11.1. The summed E-state index contributed by atoms with van der Waals surface area (Å²) in [5, 5.41) is 9.10. The molecule has 0 aliphatic rings. The molecule has 1 N–H and O–H groups in total. The molecule has 0 atom stereocenters. The summed E-state index contributed by atoms with van der Waals surface area (Å²) < 4.78 is 10.5. The molecule has 2 rings (SSSR count). The Balaban J connectivity index is 2.55. The maximum atomic E-state index is 11.1. The minimum atomic E-state index is -0.997. The van der Waals surface area contributed by atoms with Crippen LogP contribution in [0.4, 0.5) is 0 Å². The molecular weight excluding hydrogens is 268 g/mol. The number of rotatable bonds is 5. The Hall–Kier alpha value is -2.75. The summed E-state index contributed by atoms with van der Waals surface area (Å²) in [6.07, 6.45) is 1.19. The van der Waals surface area contributed by atoms with E-state index in [-0.39, 0.29) is 0 Å². The topological polar surface area (TPSA) is 55.8 Å². The molecule has 0 amide bonds. The third-order valence-corrected chi connectivity index (χ3v) is 3.05. The molecule has 4 nitrogen and oxygen atoms in total. The van der Waals surface area contributed by atoms with Crippen molar-refractivity contribution in [1.82, 2.24) is 0 Å².